The Morgan fingerprint density at radius 1 is 0.872 bits per heavy atom. The second-order valence-electron chi connectivity index (χ2n) is 8.73. The monoisotopic (exact) mass is 610 g/mol. The summed E-state index contributed by atoms with van der Waals surface area (Å²) < 4.78 is 134. The van der Waals surface area contributed by atoms with Gasteiger partial charge in [-0.25, -0.2) is 4.39 Å². The van der Waals surface area contributed by atoms with Crippen molar-refractivity contribution in [2.24, 2.45) is 5.92 Å². The number of carbonyl (C=O) groups is 2. The Morgan fingerprint density at radius 3 is 2.00 bits per heavy atom. The quantitative estimate of drug-likeness (QED) is 0.209. The number of carbonyl (C=O) groups excluding carboxylic acids is 2. The summed E-state index contributed by atoms with van der Waals surface area (Å²) in [4.78, 5) is 24.0. The first-order valence-corrected chi connectivity index (χ1v) is 11.7. The SMILES string of the molecule is C[C@H](CC(=O)CC(F)(F)F)CC(=O)c1ccc(/C(F)=C/C(c2ccc(Cl)c(Cl)c2)C(F)(F)F)cc1C(F)(F)F. The normalized spacial score (nSPS) is 14.7. The number of halogens is 12. The predicted octanol–water partition coefficient (Wildman–Crippen LogP) is 9.79. The van der Waals surface area contributed by atoms with Crippen LogP contribution in [0.15, 0.2) is 42.5 Å². The molecular weight excluding hydrogens is 593 g/mol. The molecule has 2 aromatic rings. The summed E-state index contributed by atoms with van der Waals surface area (Å²) in [5.41, 5.74) is -4.10. The second-order valence-corrected chi connectivity index (χ2v) is 9.55. The van der Waals surface area contributed by atoms with Crippen LogP contribution in [-0.4, -0.2) is 23.9 Å². The van der Waals surface area contributed by atoms with Crippen LogP contribution in [-0.2, 0) is 11.0 Å². The summed E-state index contributed by atoms with van der Waals surface area (Å²) >= 11 is 11.4. The first-order chi connectivity index (χ1) is 17.7. The topological polar surface area (TPSA) is 34.1 Å². The van der Waals surface area contributed by atoms with Gasteiger partial charge in [0.05, 0.1) is 15.6 Å². The molecule has 0 aliphatic rings. The molecule has 0 amide bonds. The number of allylic oxidation sites excluding steroid dienone is 1. The molecule has 14 heteroatoms. The van der Waals surface area contributed by atoms with Gasteiger partial charge in [0.25, 0.3) is 0 Å². The lowest BCUT2D eigenvalue weighted by molar-refractivity contribution is -0.152. The molecule has 0 fully saturated rings. The summed E-state index contributed by atoms with van der Waals surface area (Å²) in [5.74, 6) is -7.81. The Labute approximate surface area is 225 Å². The minimum Gasteiger partial charge on any atom is -0.299 e. The third kappa shape index (κ3) is 9.52. The van der Waals surface area contributed by atoms with Crippen molar-refractivity contribution >= 4 is 40.6 Å². The molecule has 2 aromatic carbocycles. The van der Waals surface area contributed by atoms with Gasteiger partial charge in [-0.1, -0.05) is 48.3 Å². The Hall–Kier alpha value is -2.60. The summed E-state index contributed by atoms with van der Waals surface area (Å²) in [5, 5.41) is -0.353. The van der Waals surface area contributed by atoms with Crippen molar-refractivity contribution in [3.63, 3.8) is 0 Å². The molecule has 0 saturated heterocycles. The maximum atomic E-state index is 14.9. The van der Waals surface area contributed by atoms with Gasteiger partial charge in [0, 0.05) is 24.0 Å². The van der Waals surface area contributed by atoms with Gasteiger partial charge in [-0.05, 0) is 35.8 Å². The average molecular weight is 611 g/mol. The first-order valence-electron chi connectivity index (χ1n) is 10.9. The van der Waals surface area contributed by atoms with Crippen molar-refractivity contribution in [3.05, 3.63) is 74.8 Å². The average Bonchev–Trinajstić information content (AvgIpc) is 2.76. The molecule has 0 N–H and O–H groups in total. The third-order valence-corrected chi connectivity index (χ3v) is 6.12. The zero-order valence-corrected chi connectivity index (χ0v) is 21.2. The highest BCUT2D eigenvalue weighted by Crippen LogP contribution is 2.41. The standard InChI is InChI=1S/C25H18Cl2F10O2/c1-12(6-15(38)11-23(29,30)31)7-22(39)16-4-2-14(8-18(16)25(35,36)37)21(28)10-17(24(32,33)34)13-3-5-19(26)20(27)9-13/h2-5,8-10,12,17H,6-7,11H2,1H3/b21-10-/t12-,17?/m1/s1. The Balaban J connectivity index is 2.40. The lowest BCUT2D eigenvalue weighted by Crippen LogP contribution is -2.20. The van der Waals surface area contributed by atoms with Crippen LogP contribution in [0.1, 0.15) is 59.2 Å². The van der Waals surface area contributed by atoms with Crippen LogP contribution in [0, 0.1) is 5.92 Å². The van der Waals surface area contributed by atoms with Gasteiger partial charge in [-0.2, -0.15) is 39.5 Å². The summed E-state index contributed by atoms with van der Waals surface area (Å²) in [6.45, 7) is 1.19. The number of rotatable bonds is 9. The van der Waals surface area contributed by atoms with E-state index in [1.807, 2.05) is 0 Å². The molecule has 214 valence electrons. The second kappa shape index (κ2) is 12.3. The maximum Gasteiger partial charge on any atom is 0.417 e. The molecule has 0 aromatic heterocycles. The zero-order chi connectivity index (χ0) is 29.9. The van der Waals surface area contributed by atoms with Gasteiger partial charge in [0.1, 0.15) is 23.9 Å². The van der Waals surface area contributed by atoms with E-state index in [0.29, 0.717) is 12.1 Å². The van der Waals surface area contributed by atoms with Gasteiger partial charge in [-0.15, -0.1) is 0 Å². The van der Waals surface area contributed by atoms with Crippen molar-refractivity contribution in [3.8, 4) is 0 Å². The molecule has 2 nitrogen and oxygen atoms in total. The number of alkyl halides is 9. The van der Waals surface area contributed by atoms with Crippen LogP contribution < -0.4 is 0 Å². The molecule has 0 saturated carbocycles. The Morgan fingerprint density at radius 2 is 1.49 bits per heavy atom. The van der Waals surface area contributed by atoms with E-state index in [1.165, 1.54) is 6.92 Å². The van der Waals surface area contributed by atoms with Crippen molar-refractivity contribution in [2.45, 2.75) is 50.6 Å². The molecule has 1 unspecified atom stereocenters. The van der Waals surface area contributed by atoms with Crippen molar-refractivity contribution < 1.29 is 53.5 Å². The van der Waals surface area contributed by atoms with Gasteiger partial charge in [-0.3, -0.25) is 9.59 Å². The fourth-order valence-electron chi connectivity index (χ4n) is 3.68. The van der Waals surface area contributed by atoms with E-state index in [4.69, 9.17) is 23.2 Å². The van der Waals surface area contributed by atoms with E-state index >= 15 is 0 Å². The summed E-state index contributed by atoms with van der Waals surface area (Å²) in [6, 6.07) is 4.15. The van der Waals surface area contributed by atoms with E-state index in [1.54, 1.807) is 0 Å². The molecule has 0 radical (unpaired) electrons. The van der Waals surface area contributed by atoms with Crippen LogP contribution in [0.2, 0.25) is 10.0 Å². The molecule has 2 atom stereocenters. The number of ketones is 2. The van der Waals surface area contributed by atoms with Gasteiger partial charge in [0.15, 0.2) is 5.78 Å². The Bertz CT molecular complexity index is 1250. The number of hydrogen-bond donors (Lipinski definition) is 0. The van der Waals surface area contributed by atoms with Crippen LogP contribution in [0.5, 0.6) is 0 Å². The van der Waals surface area contributed by atoms with Crippen LogP contribution >= 0.6 is 23.2 Å². The van der Waals surface area contributed by atoms with Crippen molar-refractivity contribution in [1.82, 2.24) is 0 Å². The van der Waals surface area contributed by atoms with E-state index in [0.717, 1.165) is 18.2 Å². The van der Waals surface area contributed by atoms with Crippen LogP contribution in [0.3, 0.4) is 0 Å². The van der Waals surface area contributed by atoms with Gasteiger partial charge in [0.2, 0.25) is 0 Å². The van der Waals surface area contributed by atoms with Gasteiger partial charge >= 0.3 is 18.5 Å². The number of hydrogen-bond acceptors (Lipinski definition) is 2. The van der Waals surface area contributed by atoms with Crippen LogP contribution in [0.25, 0.3) is 5.83 Å². The van der Waals surface area contributed by atoms with E-state index in [9.17, 15) is 53.5 Å². The molecular formula is C25H18Cl2F10O2. The number of Topliss-reactive ketones (excluding diaryl/α,β-unsaturated/α-hetero) is 2. The fourth-order valence-corrected chi connectivity index (χ4v) is 3.99. The van der Waals surface area contributed by atoms with E-state index in [2.05, 4.69) is 0 Å². The first kappa shape index (κ1) is 32.6. The molecule has 0 bridgehead atoms. The minimum atomic E-state index is -5.25. The smallest absolute Gasteiger partial charge is 0.299 e. The molecule has 0 aliphatic carbocycles. The highest BCUT2D eigenvalue weighted by molar-refractivity contribution is 6.42. The largest absolute Gasteiger partial charge is 0.417 e. The summed E-state index contributed by atoms with van der Waals surface area (Å²) in [7, 11) is 0. The number of benzene rings is 2. The maximum absolute atomic E-state index is 14.9. The van der Waals surface area contributed by atoms with E-state index in [-0.39, 0.29) is 22.2 Å². The van der Waals surface area contributed by atoms with Gasteiger partial charge < -0.3 is 0 Å². The van der Waals surface area contributed by atoms with E-state index < -0.39 is 89.3 Å². The minimum absolute atomic E-state index is 0.0465. The van der Waals surface area contributed by atoms with Crippen molar-refractivity contribution in [2.75, 3.05) is 0 Å². The molecule has 0 spiro atoms. The summed E-state index contributed by atoms with van der Waals surface area (Å²) in [6.07, 6.45) is -18.3. The van der Waals surface area contributed by atoms with Crippen molar-refractivity contribution in [1.29, 1.82) is 0 Å². The fraction of sp³-hybridized carbons (Fsp3) is 0.360. The third-order valence-electron chi connectivity index (χ3n) is 5.38. The predicted molar refractivity (Wildman–Crippen MR) is 124 cm³/mol. The lowest BCUT2D eigenvalue weighted by Gasteiger charge is -2.19. The highest BCUT2D eigenvalue weighted by Gasteiger charge is 2.41. The zero-order valence-electron chi connectivity index (χ0n) is 19.7. The lowest BCUT2D eigenvalue weighted by atomic mass is 9.91. The highest BCUT2D eigenvalue weighted by atomic mass is 35.5. The molecule has 39 heavy (non-hydrogen) atoms. The molecule has 0 aliphatic heterocycles. The molecule has 0 heterocycles. The molecule has 2 rings (SSSR count). The Kier molecular flexibility index (Phi) is 10.3. The van der Waals surface area contributed by atoms with Crippen LogP contribution in [0.4, 0.5) is 43.9 Å².